The predicted octanol–water partition coefficient (Wildman–Crippen LogP) is 4.86. The molecule has 0 unspecified atom stereocenters. The summed E-state index contributed by atoms with van der Waals surface area (Å²) in [6.45, 7) is 8.01. The lowest BCUT2D eigenvalue weighted by Gasteiger charge is -2.20. The van der Waals surface area contributed by atoms with Crippen molar-refractivity contribution in [2.75, 3.05) is 19.0 Å². The van der Waals surface area contributed by atoms with Crippen molar-refractivity contribution in [3.05, 3.63) is 57.6 Å². The van der Waals surface area contributed by atoms with E-state index < -0.39 is 5.97 Å². The number of benzene rings is 2. The number of methoxy groups -OCH3 is 1. The van der Waals surface area contributed by atoms with Crippen LogP contribution in [0.25, 0.3) is 0 Å². The zero-order valence-corrected chi connectivity index (χ0v) is 17.8. The van der Waals surface area contributed by atoms with Crippen molar-refractivity contribution in [3.63, 3.8) is 0 Å². The second-order valence-electron chi connectivity index (χ2n) is 7.20. The molecule has 0 fully saturated rings. The lowest BCUT2D eigenvalue weighted by Crippen LogP contribution is -2.21. The molecule has 0 bridgehead atoms. The van der Waals surface area contributed by atoms with Gasteiger partial charge in [0.2, 0.25) is 0 Å². The summed E-state index contributed by atoms with van der Waals surface area (Å²) in [5, 5.41) is 2.77. The van der Waals surface area contributed by atoms with Crippen LogP contribution in [0.5, 0.6) is 5.75 Å². The van der Waals surface area contributed by atoms with Crippen molar-refractivity contribution in [1.82, 2.24) is 0 Å². The van der Waals surface area contributed by atoms with E-state index in [0.717, 1.165) is 4.47 Å². The maximum absolute atomic E-state index is 12.3. The van der Waals surface area contributed by atoms with Gasteiger partial charge in [0.25, 0.3) is 5.91 Å². The van der Waals surface area contributed by atoms with Crippen LogP contribution in [-0.2, 0) is 14.9 Å². The third kappa shape index (κ3) is 5.32. The Morgan fingerprint density at radius 2 is 1.85 bits per heavy atom. The highest BCUT2D eigenvalue weighted by Crippen LogP contribution is 2.31. The van der Waals surface area contributed by atoms with Crippen molar-refractivity contribution in [2.45, 2.75) is 33.1 Å². The highest BCUT2D eigenvalue weighted by Gasteiger charge is 2.16. The number of ether oxygens (including phenoxy) is 2. The van der Waals surface area contributed by atoms with E-state index in [1.165, 1.54) is 12.7 Å². The second-order valence-corrected chi connectivity index (χ2v) is 8.06. The minimum Gasteiger partial charge on any atom is -0.483 e. The first-order chi connectivity index (χ1) is 12.6. The van der Waals surface area contributed by atoms with Gasteiger partial charge in [0.15, 0.2) is 6.61 Å². The molecule has 2 aromatic carbocycles. The molecule has 0 aliphatic heterocycles. The number of halogens is 1. The quantitative estimate of drug-likeness (QED) is 0.683. The third-order valence-electron chi connectivity index (χ3n) is 4.17. The van der Waals surface area contributed by atoms with E-state index in [4.69, 9.17) is 9.47 Å². The second kappa shape index (κ2) is 8.57. The van der Waals surface area contributed by atoms with E-state index in [0.29, 0.717) is 22.6 Å². The third-order valence-corrected chi connectivity index (χ3v) is 4.79. The molecule has 2 aromatic rings. The number of esters is 1. The predicted molar refractivity (Wildman–Crippen MR) is 109 cm³/mol. The number of rotatable bonds is 5. The number of hydrogen-bond acceptors (Lipinski definition) is 4. The Bertz CT molecular complexity index is 856. The van der Waals surface area contributed by atoms with Gasteiger partial charge in [-0.2, -0.15) is 0 Å². The highest BCUT2D eigenvalue weighted by molar-refractivity contribution is 9.10. The molecule has 0 saturated heterocycles. The molecule has 5 nitrogen and oxygen atoms in total. The first-order valence-corrected chi connectivity index (χ1v) is 9.33. The number of hydrogen-bond donors (Lipinski definition) is 1. The van der Waals surface area contributed by atoms with Gasteiger partial charge in [-0.25, -0.2) is 4.79 Å². The summed E-state index contributed by atoms with van der Waals surface area (Å²) in [4.78, 5) is 24.0. The number of carbonyl (C=O) groups is 2. The van der Waals surface area contributed by atoms with Gasteiger partial charge < -0.3 is 14.8 Å². The van der Waals surface area contributed by atoms with Gasteiger partial charge in [-0.1, -0.05) is 32.9 Å². The Labute approximate surface area is 168 Å². The normalized spacial score (nSPS) is 11.0. The van der Waals surface area contributed by atoms with E-state index in [-0.39, 0.29) is 17.9 Å². The average molecular weight is 434 g/mol. The molecule has 0 atom stereocenters. The molecular weight excluding hydrogens is 410 g/mol. The van der Waals surface area contributed by atoms with E-state index >= 15 is 0 Å². The molecular formula is C21H24BrNO4. The molecule has 0 aliphatic carbocycles. The monoisotopic (exact) mass is 433 g/mol. The van der Waals surface area contributed by atoms with Gasteiger partial charge in [0, 0.05) is 5.69 Å². The molecule has 6 heteroatoms. The summed E-state index contributed by atoms with van der Waals surface area (Å²) >= 11 is 3.49. The summed E-state index contributed by atoms with van der Waals surface area (Å²) in [5.41, 5.74) is 2.81. The van der Waals surface area contributed by atoms with Crippen LogP contribution in [-0.4, -0.2) is 25.6 Å². The van der Waals surface area contributed by atoms with Gasteiger partial charge in [0.1, 0.15) is 5.75 Å². The van der Waals surface area contributed by atoms with Crippen LogP contribution in [0.3, 0.4) is 0 Å². The van der Waals surface area contributed by atoms with Gasteiger partial charge in [-0.05, 0) is 63.7 Å². The standard InChI is InChI=1S/C21H24BrNO4/c1-13-15(20(25)26-5)7-6-8-17(13)23-19(24)12-27-18-10-9-14(11-16(18)22)21(2,3)4/h6-11H,12H2,1-5H3,(H,23,24). The largest absolute Gasteiger partial charge is 0.483 e. The fourth-order valence-corrected chi connectivity index (χ4v) is 3.01. The number of carbonyl (C=O) groups excluding carboxylic acids is 2. The zero-order chi connectivity index (χ0) is 20.2. The number of nitrogens with one attached hydrogen (secondary N) is 1. The van der Waals surface area contributed by atoms with Gasteiger partial charge >= 0.3 is 5.97 Å². The molecule has 27 heavy (non-hydrogen) atoms. The molecule has 0 aromatic heterocycles. The number of anilines is 1. The first kappa shape index (κ1) is 21.0. The lowest BCUT2D eigenvalue weighted by molar-refractivity contribution is -0.118. The van der Waals surface area contributed by atoms with Crippen LogP contribution in [0.4, 0.5) is 5.69 Å². The van der Waals surface area contributed by atoms with Crippen LogP contribution >= 0.6 is 15.9 Å². The van der Waals surface area contributed by atoms with Crippen molar-refractivity contribution >= 4 is 33.5 Å². The van der Waals surface area contributed by atoms with E-state index in [2.05, 4.69) is 42.0 Å². The smallest absolute Gasteiger partial charge is 0.338 e. The van der Waals surface area contributed by atoms with Crippen molar-refractivity contribution < 1.29 is 19.1 Å². The van der Waals surface area contributed by atoms with E-state index in [1.807, 2.05) is 18.2 Å². The Kier molecular flexibility index (Phi) is 6.65. The molecule has 1 amide bonds. The molecule has 0 radical (unpaired) electrons. The lowest BCUT2D eigenvalue weighted by atomic mass is 9.87. The molecule has 0 aliphatic rings. The number of amides is 1. The van der Waals surface area contributed by atoms with E-state index in [1.54, 1.807) is 25.1 Å². The van der Waals surface area contributed by atoms with Gasteiger partial charge in [-0.15, -0.1) is 0 Å². The Morgan fingerprint density at radius 3 is 2.44 bits per heavy atom. The van der Waals surface area contributed by atoms with Crippen LogP contribution in [0.15, 0.2) is 40.9 Å². The topological polar surface area (TPSA) is 64.6 Å². The molecule has 144 valence electrons. The minimum absolute atomic E-state index is 0.0284. The van der Waals surface area contributed by atoms with Crippen LogP contribution < -0.4 is 10.1 Å². The minimum atomic E-state index is -0.442. The van der Waals surface area contributed by atoms with Gasteiger partial charge in [-0.3, -0.25) is 4.79 Å². The Balaban J connectivity index is 2.04. The van der Waals surface area contributed by atoms with Crippen molar-refractivity contribution in [3.8, 4) is 5.75 Å². The molecule has 0 spiro atoms. The fraction of sp³-hybridized carbons (Fsp3) is 0.333. The molecule has 2 rings (SSSR count). The first-order valence-electron chi connectivity index (χ1n) is 8.54. The molecule has 0 saturated carbocycles. The molecule has 1 N–H and O–H groups in total. The van der Waals surface area contributed by atoms with Crippen molar-refractivity contribution in [1.29, 1.82) is 0 Å². The SMILES string of the molecule is COC(=O)c1cccc(NC(=O)COc2ccc(C(C)(C)C)cc2Br)c1C. The van der Waals surface area contributed by atoms with Crippen molar-refractivity contribution in [2.24, 2.45) is 0 Å². The average Bonchev–Trinajstić information content (AvgIpc) is 2.61. The summed E-state index contributed by atoms with van der Waals surface area (Å²) in [6, 6.07) is 10.9. The zero-order valence-electron chi connectivity index (χ0n) is 16.2. The maximum atomic E-state index is 12.3. The van der Waals surface area contributed by atoms with Gasteiger partial charge in [0.05, 0.1) is 17.1 Å². The Morgan fingerprint density at radius 1 is 1.15 bits per heavy atom. The molecule has 0 heterocycles. The summed E-state index contributed by atoms with van der Waals surface area (Å²) < 4.78 is 11.2. The fourth-order valence-electron chi connectivity index (χ4n) is 2.52. The summed E-state index contributed by atoms with van der Waals surface area (Å²) in [6.07, 6.45) is 0. The van der Waals surface area contributed by atoms with E-state index in [9.17, 15) is 9.59 Å². The Hall–Kier alpha value is -2.34. The maximum Gasteiger partial charge on any atom is 0.338 e. The van der Waals surface area contributed by atoms with Crippen LogP contribution in [0, 0.1) is 6.92 Å². The summed E-state index contributed by atoms with van der Waals surface area (Å²) in [7, 11) is 1.32. The summed E-state index contributed by atoms with van der Waals surface area (Å²) in [5.74, 6) is -0.159. The van der Waals surface area contributed by atoms with Crippen LogP contribution in [0.2, 0.25) is 0 Å². The van der Waals surface area contributed by atoms with Crippen LogP contribution in [0.1, 0.15) is 42.3 Å². The highest BCUT2D eigenvalue weighted by atomic mass is 79.9.